The van der Waals surface area contributed by atoms with E-state index in [-0.39, 0.29) is 23.4 Å². The number of carbonyl (C=O) groups is 1. The number of benzene rings is 1. The Labute approximate surface area is 126 Å². The van der Waals surface area contributed by atoms with Gasteiger partial charge in [-0.25, -0.2) is 13.1 Å². The fraction of sp³-hybridized carbons (Fsp3) is 0.500. The van der Waals surface area contributed by atoms with Gasteiger partial charge in [0.05, 0.1) is 11.4 Å². The van der Waals surface area contributed by atoms with Crippen LogP contribution in [0, 0.1) is 0 Å². The van der Waals surface area contributed by atoms with E-state index in [1.54, 1.807) is 19.2 Å². The number of amides is 1. The Morgan fingerprint density at radius 2 is 2.05 bits per heavy atom. The molecule has 1 unspecified atom stereocenters. The molecule has 21 heavy (non-hydrogen) atoms. The van der Waals surface area contributed by atoms with Crippen LogP contribution in [-0.4, -0.2) is 46.4 Å². The first-order valence-electron chi connectivity index (χ1n) is 6.82. The molecule has 1 amide bonds. The molecule has 0 aliphatic heterocycles. The van der Waals surface area contributed by atoms with Crippen molar-refractivity contribution in [2.75, 3.05) is 27.2 Å². The van der Waals surface area contributed by atoms with E-state index in [0.29, 0.717) is 6.54 Å². The summed E-state index contributed by atoms with van der Waals surface area (Å²) in [6, 6.07) is 6.72. The zero-order valence-corrected chi connectivity index (χ0v) is 13.7. The minimum atomic E-state index is -3.69. The zero-order valence-electron chi connectivity index (χ0n) is 12.9. The molecular formula is C14H23N3O3S. The van der Waals surface area contributed by atoms with Crippen molar-refractivity contribution >= 4 is 15.9 Å². The van der Waals surface area contributed by atoms with Gasteiger partial charge in [-0.15, -0.1) is 0 Å². The van der Waals surface area contributed by atoms with Crippen molar-refractivity contribution in [1.82, 2.24) is 14.9 Å². The van der Waals surface area contributed by atoms with E-state index in [4.69, 9.17) is 0 Å². The summed E-state index contributed by atoms with van der Waals surface area (Å²) in [4.78, 5) is 13.3. The molecule has 0 spiro atoms. The average molecular weight is 313 g/mol. The first-order chi connectivity index (χ1) is 9.81. The molecule has 0 radical (unpaired) electrons. The van der Waals surface area contributed by atoms with E-state index >= 15 is 0 Å². The second-order valence-electron chi connectivity index (χ2n) is 4.82. The molecule has 0 aliphatic carbocycles. The molecule has 0 aromatic heterocycles. The van der Waals surface area contributed by atoms with Crippen molar-refractivity contribution in [2.24, 2.45) is 0 Å². The Kier molecular flexibility index (Phi) is 6.32. The molecule has 0 saturated heterocycles. The molecule has 1 rings (SSSR count). The van der Waals surface area contributed by atoms with Crippen molar-refractivity contribution in [3.05, 3.63) is 29.8 Å². The Bertz CT molecular complexity index is 587. The van der Waals surface area contributed by atoms with Crippen LogP contribution in [0.3, 0.4) is 0 Å². The maximum absolute atomic E-state index is 12.2. The molecular weight excluding hydrogens is 290 g/mol. The van der Waals surface area contributed by atoms with Gasteiger partial charge in [0.15, 0.2) is 0 Å². The molecule has 0 bridgehead atoms. The molecule has 1 atom stereocenters. The van der Waals surface area contributed by atoms with Gasteiger partial charge in [-0.3, -0.25) is 4.79 Å². The molecule has 0 saturated carbocycles. The summed E-state index contributed by atoms with van der Waals surface area (Å²) in [5.41, 5.74) is 0.873. The van der Waals surface area contributed by atoms with Crippen molar-refractivity contribution in [3.8, 4) is 0 Å². The predicted octanol–water partition coefficient (Wildman–Crippen LogP) is 0.724. The lowest BCUT2D eigenvalue weighted by Crippen LogP contribution is -2.38. The minimum Gasteiger partial charge on any atom is -0.345 e. The second-order valence-corrected chi connectivity index (χ2v) is 6.58. The van der Waals surface area contributed by atoms with E-state index in [2.05, 4.69) is 10.0 Å². The van der Waals surface area contributed by atoms with Gasteiger partial charge in [0, 0.05) is 19.6 Å². The molecule has 1 aromatic rings. The lowest BCUT2D eigenvalue weighted by Gasteiger charge is -2.15. The molecule has 6 nitrogen and oxygen atoms in total. The van der Waals surface area contributed by atoms with Gasteiger partial charge >= 0.3 is 0 Å². The highest BCUT2D eigenvalue weighted by molar-refractivity contribution is 7.89. The molecule has 2 N–H and O–H groups in total. The normalized spacial score (nSPS) is 13.0. The van der Waals surface area contributed by atoms with E-state index in [1.807, 2.05) is 27.0 Å². The maximum atomic E-state index is 12.2. The largest absolute Gasteiger partial charge is 0.345 e. The van der Waals surface area contributed by atoms with Crippen molar-refractivity contribution < 1.29 is 13.2 Å². The topological polar surface area (TPSA) is 78.5 Å². The standard InChI is InChI=1S/C14H23N3O3S/c1-5-17(4)14(18)10-16-21(19,20)13-8-6-7-12(9-13)11(2)15-3/h6-9,11,15-16H,5,10H2,1-4H3. The number of hydrogen-bond acceptors (Lipinski definition) is 4. The van der Waals surface area contributed by atoms with Crippen LogP contribution in [0.15, 0.2) is 29.2 Å². The van der Waals surface area contributed by atoms with Gasteiger partial charge in [-0.2, -0.15) is 0 Å². The van der Waals surface area contributed by atoms with Crippen LogP contribution in [0.2, 0.25) is 0 Å². The monoisotopic (exact) mass is 313 g/mol. The first kappa shape index (κ1) is 17.6. The van der Waals surface area contributed by atoms with Crippen molar-refractivity contribution in [2.45, 2.75) is 24.8 Å². The van der Waals surface area contributed by atoms with Crippen LogP contribution in [0.5, 0.6) is 0 Å². The fourth-order valence-corrected chi connectivity index (χ4v) is 2.70. The van der Waals surface area contributed by atoms with Crippen LogP contribution in [0.25, 0.3) is 0 Å². The lowest BCUT2D eigenvalue weighted by atomic mass is 10.1. The van der Waals surface area contributed by atoms with Crippen LogP contribution < -0.4 is 10.0 Å². The Balaban J connectivity index is 2.86. The fourth-order valence-electron chi connectivity index (χ4n) is 1.67. The number of nitrogens with zero attached hydrogens (tertiary/aromatic N) is 1. The SMILES string of the molecule is CCN(C)C(=O)CNS(=O)(=O)c1cccc(C(C)NC)c1. The van der Waals surface area contributed by atoms with E-state index < -0.39 is 10.0 Å². The van der Waals surface area contributed by atoms with Crippen LogP contribution in [-0.2, 0) is 14.8 Å². The smallest absolute Gasteiger partial charge is 0.241 e. The van der Waals surface area contributed by atoms with Gasteiger partial charge in [-0.05, 0) is 38.6 Å². The Hall–Kier alpha value is -1.44. The number of likely N-dealkylation sites (N-methyl/N-ethyl adjacent to an activating group) is 1. The van der Waals surface area contributed by atoms with Crippen LogP contribution in [0.4, 0.5) is 0 Å². The summed E-state index contributed by atoms with van der Waals surface area (Å²) in [7, 11) is -0.247. The highest BCUT2D eigenvalue weighted by Gasteiger charge is 2.17. The quantitative estimate of drug-likeness (QED) is 0.777. The average Bonchev–Trinajstić information content (AvgIpc) is 2.51. The van der Waals surface area contributed by atoms with E-state index in [9.17, 15) is 13.2 Å². The molecule has 7 heteroatoms. The number of hydrogen-bond donors (Lipinski definition) is 2. The van der Waals surface area contributed by atoms with Gasteiger partial charge in [-0.1, -0.05) is 12.1 Å². The van der Waals surface area contributed by atoms with Gasteiger partial charge < -0.3 is 10.2 Å². The molecule has 0 aliphatic rings. The van der Waals surface area contributed by atoms with E-state index in [1.165, 1.54) is 11.0 Å². The third-order valence-corrected chi connectivity index (χ3v) is 4.81. The summed E-state index contributed by atoms with van der Waals surface area (Å²) >= 11 is 0. The second kappa shape index (κ2) is 7.53. The minimum absolute atomic E-state index is 0.0491. The number of rotatable bonds is 7. The summed E-state index contributed by atoms with van der Waals surface area (Å²) in [5.74, 6) is -0.263. The summed E-state index contributed by atoms with van der Waals surface area (Å²) in [6.45, 7) is 4.07. The third-order valence-electron chi connectivity index (χ3n) is 3.41. The summed E-state index contributed by atoms with van der Waals surface area (Å²) in [6.07, 6.45) is 0. The van der Waals surface area contributed by atoms with Crippen LogP contribution >= 0.6 is 0 Å². The van der Waals surface area contributed by atoms with Crippen molar-refractivity contribution in [1.29, 1.82) is 0 Å². The van der Waals surface area contributed by atoms with E-state index in [0.717, 1.165) is 5.56 Å². The first-order valence-corrected chi connectivity index (χ1v) is 8.31. The maximum Gasteiger partial charge on any atom is 0.241 e. The van der Waals surface area contributed by atoms with Gasteiger partial charge in [0.2, 0.25) is 15.9 Å². The Morgan fingerprint density at radius 1 is 1.38 bits per heavy atom. The summed E-state index contributed by atoms with van der Waals surface area (Å²) < 4.78 is 26.8. The zero-order chi connectivity index (χ0) is 16.0. The molecule has 1 aromatic carbocycles. The lowest BCUT2D eigenvalue weighted by molar-refractivity contribution is -0.128. The number of nitrogens with one attached hydrogen (secondary N) is 2. The molecule has 118 valence electrons. The summed E-state index contributed by atoms with van der Waals surface area (Å²) in [5, 5.41) is 3.06. The van der Waals surface area contributed by atoms with Gasteiger partial charge in [0.25, 0.3) is 0 Å². The van der Waals surface area contributed by atoms with Gasteiger partial charge in [0.1, 0.15) is 0 Å². The molecule has 0 heterocycles. The van der Waals surface area contributed by atoms with Crippen molar-refractivity contribution in [3.63, 3.8) is 0 Å². The predicted molar refractivity (Wildman–Crippen MR) is 82.4 cm³/mol. The Morgan fingerprint density at radius 3 is 2.62 bits per heavy atom. The number of sulfonamides is 1. The highest BCUT2D eigenvalue weighted by Crippen LogP contribution is 2.16. The third kappa shape index (κ3) is 4.80. The highest BCUT2D eigenvalue weighted by atomic mass is 32.2. The van der Waals surface area contributed by atoms with Crippen LogP contribution in [0.1, 0.15) is 25.5 Å². The molecule has 0 fully saturated rings. The number of carbonyl (C=O) groups excluding carboxylic acids is 1.